The first kappa shape index (κ1) is 13.6. The summed E-state index contributed by atoms with van der Waals surface area (Å²) in [7, 11) is 0. The van der Waals surface area contributed by atoms with Gasteiger partial charge in [0.1, 0.15) is 5.82 Å². The number of rotatable bonds is 3. The maximum atomic E-state index is 12.9. The third-order valence-electron chi connectivity index (χ3n) is 2.67. The first-order chi connectivity index (χ1) is 8.88. The summed E-state index contributed by atoms with van der Waals surface area (Å²) in [5, 5.41) is 0. The molecule has 0 radical (unpaired) electrons. The second kappa shape index (κ2) is 5.05. The van der Waals surface area contributed by atoms with Crippen molar-refractivity contribution in [2.75, 3.05) is 0 Å². The molecule has 1 aromatic heterocycles. The van der Waals surface area contributed by atoms with Gasteiger partial charge in [-0.25, -0.2) is 4.98 Å². The van der Waals surface area contributed by atoms with E-state index in [2.05, 4.69) is 9.97 Å². The van der Waals surface area contributed by atoms with Crippen molar-refractivity contribution in [3.63, 3.8) is 0 Å². The monoisotopic (exact) mass is 269 g/mol. The van der Waals surface area contributed by atoms with Gasteiger partial charge in [-0.2, -0.15) is 13.2 Å². The maximum absolute atomic E-state index is 12.9. The number of benzene rings is 1. The summed E-state index contributed by atoms with van der Waals surface area (Å²) in [6.45, 7) is 1.81. The molecule has 1 atom stereocenters. The Hall–Kier alpha value is -1.82. The lowest BCUT2D eigenvalue weighted by Crippen LogP contribution is -2.18. The van der Waals surface area contributed by atoms with Gasteiger partial charge in [0.2, 0.25) is 0 Å². The van der Waals surface area contributed by atoms with Crippen molar-refractivity contribution in [1.29, 1.82) is 0 Å². The minimum absolute atomic E-state index is 0.0958. The Morgan fingerprint density at radius 3 is 2.63 bits per heavy atom. The van der Waals surface area contributed by atoms with Crippen LogP contribution in [-0.4, -0.2) is 16.0 Å². The molecule has 0 aliphatic heterocycles. The summed E-state index contributed by atoms with van der Waals surface area (Å²) >= 11 is 0. The Morgan fingerprint density at radius 2 is 2.00 bits per heavy atom. The van der Waals surface area contributed by atoms with Crippen LogP contribution in [0.25, 0.3) is 11.3 Å². The smallest absolute Gasteiger partial charge is 0.342 e. The normalized spacial score (nSPS) is 13.5. The van der Waals surface area contributed by atoms with Crippen LogP contribution in [0.5, 0.6) is 0 Å². The Balaban J connectivity index is 2.39. The van der Waals surface area contributed by atoms with E-state index in [9.17, 15) is 13.2 Å². The summed E-state index contributed by atoms with van der Waals surface area (Å²) < 4.78 is 38.7. The highest BCUT2D eigenvalue weighted by atomic mass is 19.4. The van der Waals surface area contributed by atoms with Crippen molar-refractivity contribution in [3.05, 3.63) is 41.9 Å². The molecular formula is C13H14F3N3. The number of H-pyrrole nitrogens is 1. The van der Waals surface area contributed by atoms with E-state index >= 15 is 0 Å². The SMILES string of the molecule is CC(N)Cc1ncc(-c2ccccc2C(F)(F)F)[nH]1. The number of hydrogen-bond acceptors (Lipinski definition) is 2. The number of nitrogens with zero attached hydrogens (tertiary/aromatic N) is 1. The Kier molecular flexibility index (Phi) is 3.61. The summed E-state index contributed by atoms with van der Waals surface area (Å²) in [5.41, 5.74) is 5.40. The van der Waals surface area contributed by atoms with E-state index in [0.29, 0.717) is 17.9 Å². The first-order valence-corrected chi connectivity index (χ1v) is 5.84. The quantitative estimate of drug-likeness (QED) is 0.900. The zero-order valence-corrected chi connectivity index (χ0v) is 10.3. The van der Waals surface area contributed by atoms with Gasteiger partial charge in [0.25, 0.3) is 0 Å². The fourth-order valence-corrected chi connectivity index (χ4v) is 1.87. The van der Waals surface area contributed by atoms with Crippen molar-refractivity contribution in [3.8, 4) is 11.3 Å². The van der Waals surface area contributed by atoms with E-state index in [1.165, 1.54) is 18.3 Å². The summed E-state index contributed by atoms with van der Waals surface area (Å²) in [5.74, 6) is 0.585. The van der Waals surface area contributed by atoms with Gasteiger partial charge >= 0.3 is 6.18 Å². The highest BCUT2D eigenvalue weighted by molar-refractivity contribution is 5.64. The van der Waals surface area contributed by atoms with Gasteiger partial charge in [0, 0.05) is 18.0 Å². The van der Waals surface area contributed by atoms with Crippen LogP contribution in [0.3, 0.4) is 0 Å². The van der Waals surface area contributed by atoms with E-state index < -0.39 is 11.7 Å². The number of halogens is 3. The second-order valence-electron chi connectivity index (χ2n) is 4.47. The molecule has 0 spiro atoms. The van der Waals surface area contributed by atoms with Crippen molar-refractivity contribution >= 4 is 0 Å². The van der Waals surface area contributed by atoms with Crippen LogP contribution in [0.15, 0.2) is 30.5 Å². The molecule has 19 heavy (non-hydrogen) atoms. The molecule has 0 fully saturated rings. The molecule has 0 aliphatic rings. The van der Waals surface area contributed by atoms with Gasteiger partial charge in [0.05, 0.1) is 17.5 Å². The summed E-state index contributed by atoms with van der Waals surface area (Å²) in [6.07, 6.45) is -2.49. The average molecular weight is 269 g/mol. The molecule has 0 saturated carbocycles. The molecule has 2 aromatic rings. The number of nitrogens with two attached hydrogens (primary N) is 1. The molecule has 0 aliphatic carbocycles. The van der Waals surface area contributed by atoms with Gasteiger partial charge < -0.3 is 10.7 Å². The lowest BCUT2D eigenvalue weighted by molar-refractivity contribution is -0.137. The topological polar surface area (TPSA) is 54.7 Å². The van der Waals surface area contributed by atoms with Gasteiger partial charge in [-0.15, -0.1) is 0 Å². The van der Waals surface area contributed by atoms with E-state index in [4.69, 9.17) is 5.73 Å². The molecule has 1 unspecified atom stereocenters. The third-order valence-corrected chi connectivity index (χ3v) is 2.67. The highest BCUT2D eigenvalue weighted by Crippen LogP contribution is 2.36. The van der Waals surface area contributed by atoms with Gasteiger partial charge in [-0.1, -0.05) is 18.2 Å². The van der Waals surface area contributed by atoms with Crippen LogP contribution in [0.1, 0.15) is 18.3 Å². The predicted molar refractivity (Wildman–Crippen MR) is 66.4 cm³/mol. The average Bonchev–Trinajstić information content (AvgIpc) is 2.75. The van der Waals surface area contributed by atoms with Crippen LogP contribution >= 0.6 is 0 Å². The van der Waals surface area contributed by atoms with Gasteiger partial charge in [-0.05, 0) is 13.0 Å². The molecule has 0 saturated heterocycles. The van der Waals surface area contributed by atoms with Crippen LogP contribution in [0.2, 0.25) is 0 Å². The fourth-order valence-electron chi connectivity index (χ4n) is 1.87. The van der Waals surface area contributed by atoms with E-state index in [-0.39, 0.29) is 11.6 Å². The number of hydrogen-bond donors (Lipinski definition) is 2. The summed E-state index contributed by atoms with van der Waals surface area (Å²) in [4.78, 5) is 6.94. The van der Waals surface area contributed by atoms with Crippen LogP contribution in [0.4, 0.5) is 13.2 Å². The van der Waals surface area contributed by atoms with Crippen molar-refractivity contribution in [2.24, 2.45) is 5.73 Å². The molecule has 2 rings (SSSR count). The lowest BCUT2D eigenvalue weighted by atomic mass is 10.0. The molecule has 0 bridgehead atoms. The molecule has 3 nitrogen and oxygen atoms in total. The van der Waals surface area contributed by atoms with Crippen LogP contribution < -0.4 is 5.73 Å². The van der Waals surface area contributed by atoms with Gasteiger partial charge in [-0.3, -0.25) is 0 Å². The minimum atomic E-state index is -4.39. The molecule has 1 aromatic carbocycles. The minimum Gasteiger partial charge on any atom is -0.342 e. The number of aromatic nitrogens is 2. The van der Waals surface area contributed by atoms with Crippen LogP contribution in [0, 0.1) is 0 Å². The molecular weight excluding hydrogens is 255 g/mol. The number of aromatic amines is 1. The second-order valence-corrected chi connectivity index (χ2v) is 4.47. The highest BCUT2D eigenvalue weighted by Gasteiger charge is 2.33. The number of imidazole rings is 1. The van der Waals surface area contributed by atoms with Gasteiger partial charge in [0.15, 0.2) is 0 Å². The summed E-state index contributed by atoms with van der Waals surface area (Å²) in [6, 6.07) is 5.31. The molecule has 1 heterocycles. The number of nitrogens with one attached hydrogen (secondary N) is 1. The van der Waals surface area contributed by atoms with Crippen LogP contribution in [-0.2, 0) is 12.6 Å². The van der Waals surface area contributed by atoms with Crippen molar-refractivity contribution in [1.82, 2.24) is 9.97 Å². The van der Waals surface area contributed by atoms with Crippen molar-refractivity contribution < 1.29 is 13.2 Å². The maximum Gasteiger partial charge on any atom is 0.417 e. The van der Waals surface area contributed by atoms with E-state index in [1.807, 2.05) is 6.92 Å². The molecule has 6 heteroatoms. The Bertz CT molecular complexity index is 558. The zero-order valence-electron chi connectivity index (χ0n) is 10.3. The standard InChI is InChI=1S/C13H14F3N3/c1-8(17)6-12-18-7-11(19-12)9-4-2-3-5-10(9)13(14,15)16/h2-5,7-8H,6,17H2,1H3,(H,18,19). The van der Waals surface area contributed by atoms with E-state index in [0.717, 1.165) is 6.07 Å². The predicted octanol–water partition coefficient (Wildman–Crippen LogP) is 2.99. The first-order valence-electron chi connectivity index (χ1n) is 5.84. The largest absolute Gasteiger partial charge is 0.417 e. The molecule has 0 amide bonds. The number of alkyl halides is 3. The molecule has 3 N–H and O–H groups in total. The third kappa shape index (κ3) is 3.14. The zero-order chi connectivity index (χ0) is 14.0. The lowest BCUT2D eigenvalue weighted by Gasteiger charge is -2.11. The Labute approximate surface area is 108 Å². The van der Waals surface area contributed by atoms with E-state index in [1.54, 1.807) is 6.07 Å². The molecule has 102 valence electrons. The Morgan fingerprint density at radius 1 is 1.32 bits per heavy atom. The van der Waals surface area contributed by atoms with Crippen molar-refractivity contribution in [2.45, 2.75) is 25.6 Å². The fraction of sp³-hybridized carbons (Fsp3) is 0.308.